The number of hydrogen-bond acceptors (Lipinski definition) is 6. The normalized spacial score (nSPS) is 11.4. The standard InChI is InChI=1S/C19H23ClN6OS.HI/c1-12(2)15-11-28-17(24-15)10-23-19(21-3)22-8-7-16-25-18(26-27-16)13-5-4-6-14(20)9-13;/h4-6,9,11-12H,7-8,10H2,1-3H3,(H2,21,22,23);1H. The third-order valence-electron chi connectivity index (χ3n) is 3.97. The van der Waals surface area contributed by atoms with E-state index in [-0.39, 0.29) is 24.0 Å². The lowest BCUT2D eigenvalue weighted by molar-refractivity contribution is 0.378. The van der Waals surface area contributed by atoms with Gasteiger partial charge in [0.15, 0.2) is 5.96 Å². The number of nitrogens with one attached hydrogen (secondary N) is 2. The molecule has 1 aromatic carbocycles. The van der Waals surface area contributed by atoms with Crippen LogP contribution < -0.4 is 10.6 Å². The number of hydrogen-bond donors (Lipinski definition) is 2. The number of aliphatic imine (C=N–C) groups is 1. The van der Waals surface area contributed by atoms with Crippen molar-refractivity contribution >= 4 is 52.9 Å². The van der Waals surface area contributed by atoms with Crippen molar-refractivity contribution in [3.05, 3.63) is 51.3 Å². The molecule has 0 atom stereocenters. The summed E-state index contributed by atoms with van der Waals surface area (Å²) >= 11 is 7.66. The van der Waals surface area contributed by atoms with E-state index in [1.165, 1.54) is 0 Å². The number of aromatic nitrogens is 3. The zero-order chi connectivity index (χ0) is 19.9. The third-order valence-corrected chi connectivity index (χ3v) is 5.08. The van der Waals surface area contributed by atoms with Gasteiger partial charge in [-0.25, -0.2) is 4.98 Å². The summed E-state index contributed by atoms with van der Waals surface area (Å²) in [5.74, 6) is 2.23. The molecule has 0 amide bonds. The van der Waals surface area contributed by atoms with Gasteiger partial charge in [0.2, 0.25) is 11.7 Å². The summed E-state index contributed by atoms with van der Waals surface area (Å²) in [6.45, 7) is 5.53. The molecule has 0 spiro atoms. The smallest absolute Gasteiger partial charge is 0.228 e. The average molecular weight is 547 g/mol. The summed E-state index contributed by atoms with van der Waals surface area (Å²) in [7, 11) is 1.74. The van der Waals surface area contributed by atoms with Gasteiger partial charge in [0.25, 0.3) is 0 Å². The van der Waals surface area contributed by atoms with Crippen molar-refractivity contribution < 1.29 is 4.52 Å². The summed E-state index contributed by atoms with van der Waals surface area (Å²) in [5, 5.41) is 14.3. The maximum Gasteiger partial charge on any atom is 0.228 e. The van der Waals surface area contributed by atoms with E-state index >= 15 is 0 Å². The summed E-state index contributed by atoms with van der Waals surface area (Å²) in [6.07, 6.45) is 0.586. The first kappa shape index (κ1) is 23.6. The van der Waals surface area contributed by atoms with Crippen molar-refractivity contribution in [3.8, 4) is 11.4 Å². The molecule has 0 radical (unpaired) electrons. The highest BCUT2D eigenvalue weighted by atomic mass is 127. The van der Waals surface area contributed by atoms with Gasteiger partial charge >= 0.3 is 0 Å². The van der Waals surface area contributed by atoms with Gasteiger partial charge in [-0.1, -0.05) is 42.7 Å². The van der Waals surface area contributed by atoms with Crippen LogP contribution in [0.2, 0.25) is 5.02 Å². The monoisotopic (exact) mass is 546 g/mol. The van der Waals surface area contributed by atoms with Crippen molar-refractivity contribution in [1.29, 1.82) is 0 Å². The number of halogens is 2. The van der Waals surface area contributed by atoms with Crippen LogP contribution >= 0.6 is 46.9 Å². The van der Waals surface area contributed by atoms with Crippen LogP contribution in [0.25, 0.3) is 11.4 Å². The average Bonchev–Trinajstić information content (AvgIpc) is 3.34. The summed E-state index contributed by atoms with van der Waals surface area (Å²) in [6, 6.07) is 7.37. The van der Waals surface area contributed by atoms with E-state index in [0.717, 1.165) is 16.3 Å². The van der Waals surface area contributed by atoms with Crippen molar-refractivity contribution in [1.82, 2.24) is 25.8 Å². The quantitative estimate of drug-likeness (QED) is 0.258. The molecule has 0 unspecified atom stereocenters. The van der Waals surface area contributed by atoms with E-state index in [0.29, 0.717) is 48.1 Å². The molecule has 0 aliphatic rings. The van der Waals surface area contributed by atoms with E-state index in [4.69, 9.17) is 16.1 Å². The van der Waals surface area contributed by atoms with Crippen molar-refractivity contribution in [2.45, 2.75) is 32.7 Å². The first-order chi connectivity index (χ1) is 13.5. The SMILES string of the molecule is CN=C(NCCc1nc(-c2cccc(Cl)c2)no1)NCc1nc(C(C)C)cs1.I. The Balaban J connectivity index is 0.00000300. The highest BCUT2D eigenvalue weighted by Gasteiger charge is 2.10. The second-order valence-electron chi connectivity index (χ2n) is 6.45. The topological polar surface area (TPSA) is 88.2 Å². The number of guanidine groups is 1. The van der Waals surface area contributed by atoms with Gasteiger partial charge in [0.1, 0.15) is 5.01 Å². The van der Waals surface area contributed by atoms with Gasteiger partial charge in [-0.15, -0.1) is 35.3 Å². The van der Waals surface area contributed by atoms with Gasteiger partial charge in [-0.2, -0.15) is 4.98 Å². The van der Waals surface area contributed by atoms with Crippen LogP contribution in [0.1, 0.15) is 36.4 Å². The van der Waals surface area contributed by atoms with Gasteiger partial charge in [-0.3, -0.25) is 4.99 Å². The molecule has 156 valence electrons. The maximum atomic E-state index is 6.01. The molecule has 7 nitrogen and oxygen atoms in total. The van der Waals surface area contributed by atoms with E-state index in [1.54, 1.807) is 18.4 Å². The number of thiazole rings is 1. The highest BCUT2D eigenvalue weighted by molar-refractivity contribution is 14.0. The van der Waals surface area contributed by atoms with Crippen LogP contribution in [0.4, 0.5) is 0 Å². The fourth-order valence-corrected chi connectivity index (χ4v) is 3.53. The Morgan fingerprint density at radius 2 is 2.10 bits per heavy atom. The fourth-order valence-electron chi connectivity index (χ4n) is 2.44. The molecular weight excluding hydrogens is 523 g/mol. The molecule has 0 aliphatic heterocycles. The van der Waals surface area contributed by atoms with Gasteiger partial charge in [-0.05, 0) is 18.1 Å². The molecule has 0 fully saturated rings. The van der Waals surface area contributed by atoms with Crippen LogP contribution in [-0.4, -0.2) is 34.7 Å². The predicted octanol–water partition coefficient (Wildman–Crippen LogP) is 4.50. The predicted molar refractivity (Wildman–Crippen MR) is 128 cm³/mol. The molecule has 0 bridgehead atoms. The zero-order valence-corrected chi connectivity index (χ0v) is 20.4. The Morgan fingerprint density at radius 3 is 2.79 bits per heavy atom. The molecule has 0 saturated carbocycles. The third kappa shape index (κ3) is 6.93. The zero-order valence-electron chi connectivity index (χ0n) is 16.5. The molecule has 3 aromatic rings. The molecule has 2 aromatic heterocycles. The molecule has 29 heavy (non-hydrogen) atoms. The number of rotatable bonds is 7. The van der Waals surface area contributed by atoms with Crippen molar-refractivity contribution in [3.63, 3.8) is 0 Å². The highest BCUT2D eigenvalue weighted by Crippen LogP contribution is 2.20. The first-order valence-corrected chi connectivity index (χ1v) is 10.3. The minimum Gasteiger partial charge on any atom is -0.356 e. The summed E-state index contributed by atoms with van der Waals surface area (Å²) in [5.41, 5.74) is 1.95. The molecular formula is C19H24ClIN6OS. The maximum absolute atomic E-state index is 6.01. The fraction of sp³-hybridized carbons (Fsp3) is 0.368. The number of benzene rings is 1. The Kier molecular flexibility index (Phi) is 9.31. The minimum absolute atomic E-state index is 0. The van der Waals surface area contributed by atoms with Crippen LogP contribution in [0.3, 0.4) is 0 Å². The van der Waals surface area contributed by atoms with Crippen LogP contribution in [-0.2, 0) is 13.0 Å². The lowest BCUT2D eigenvalue weighted by atomic mass is 10.2. The van der Waals surface area contributed by atoms with E-state index in [2.05, 4.69) is 50.0 Å². The van der Waals surface area contributed by atoms with Gasteiger partial charge in [0, 0.05) is 36.0 Å². The second-order valence-corrected chi connectivity index (χ2v) is 7.82. The van der Waals surface area contributed by atoms with Gasteiger partial charge in [0.05, 0.1) is 12.2 Å². The van der Waals surface area contributed by atoms with Crippen molar-refractivity contribution in [2.75, 3.05) is 13.6 Å². The lowest BCUT2D eigenvalue weighted by Gasteiger charge is -2.09. The minimum atomic E-state index is 0. The number of nitrogens with zero attached hydrogens (tertiary/aromatic N) is 4. The molecule has 10 heteroatoms. The van der Waals surface area contributed by atoms with E-state index < -0.39 is 0 Å². The Labute approximate surface area is 196 Å². The first-order valence-electron chi connectivity index (χ1n) is 9.02. The largest absolute Gasteiger partial charge is 0.356 e. The second kappa shape index (κ2) is 11.5. The molecule has 3 rings (SSSR count). The molecule has 2 N–H and O–H groups in total. The van der Waals surface area contributed by atoms with E-state index in [9.17, 15) is 0 Å². The summed E-state index contributed by atoms with van der Waals surface area (Å²) < 4.78 is 5.32. The molecule has 0 saturated heterocycles. The Bertz CT molecular complexity index is 942. The Morgan fingerprint density at radius 1 is 1.28 bits per heavy atom. The lowest BCUT2D eigenvalue weighted by Crippen LogP contribution is -2.37. The molecule has 2 heterocycles. The molecule has 0 aliphatic carbocycles. The van der Waals surface area contributed by atoms with Crippen LogP contribution in [0.15, 0.2) is 39.2 Å². The van der Waals surface area contributed by atoms with E-state index in [1.807, 2.05) is 24.3 Å². The van der Waals surface area contributed by atoms with Crippen LogP contribution in [0, 0.1) is 0 Å². The summed E-state index contributed by atoms with van der Waals surface area (Å²) in [4.78, 5) is 13.3. The Hall–Kier alpha value is -1.72. The van der Waals surface area contributed by atoms with Crippen molar-refractivity contribution in [2.24, 2.45) is 4.99 Å². The van der Waals surface area contributed by atoms with Crippen LogP contribution in [0.5, 0.6) is 0 Å². The van der Waals surface area contributed by atoms with Gasteiger partial charge < -0.3 is 15.2 Å².